The number of carbonyl (C=O) groups excluding carboxylic acids is 1. The van der Waals surface area contributed by atoms with Gasteiger partial charge in [-0.3, -0.25) is 9.20 Å². The van der Waals surface area contributed by atoms with Crippen LogP contribution in [-0.4, -0.2) is 52.3 Å². The summed E-state index contributed by atoms with van der Waals surface area (Å²) in [5.41, 5.74) is 3.06. The van der Waals surface area contributed by atoms with Crippen molar-refractivity contribution in [2.75, 3.05) is 26.3 Å². The number of ether oxygens (including phenoxy) is 2. The summed E-state index contributed by atoms with van der Waals surface area (Å²) in [6.45, 7) is 2.71. The van der Waals surface area contributed by atoms with E-state index in [-0.39, 0.29) is 5.91 Å². The predicted octanol–water partition coefficient (Wildman–Crippen LogP) is 4.01. The standard InChI is InChI=1S/C21H22ClN3O3S/c22-16-3-1-15(2-4-16)18-13-25-17(14-29-20(25)23-18)5-6-19(26)24-9-7-21(8-10-24)27-11-12-28-21/h1-4,13-14H,5-12H2. The first-order valence-electron chi connectivity index (χ1n) is 9.89. The lowest BCUT2D eigenvalue weighted by Gasteiger charge is -2.37. The molecule has 0 aliphatic carbocycles. The number of imidazole rings is 1. The molecular weight excluding hydrogens is 410 g/mol. The normalized spacial score (nSPS) is 18.7. The molecule has 1 aromatic carbocycles. The van der Waals surface area contributed by atoms with Gasteiger partial charge in [-0.2, -0.15) is 0 Å². The second-order valence-electron chi connectivity index (χ2n) is 7.50. The second kappa shape index (κ2) is 7.72. The minimum absolute atomic E-state index is 0.190. The van der Waals surface area contributed by atoms with Crippen molar-refractivity contribution in [1.29, 1.82) is 0 Å². The van der Waals surface area contributed by atoms with E-state index in [9.17, 15) is 4.79 Å². The summed E-state index contributed by atoms with van der Waals surface area (Å²) in [6, 6.07) is 7.68. The molecule has 2 aromatic heterocycles. The summed E-state index contributed by atoms with van der Waals surface area (Å²) in [7, 11) is 0. The first kappa shape index (κ1) is 19.1. The number of rotatable bonds is 4. The van der Waals surface area contributed by atoms with Gasteiger partial charge in [-0.05, 0) is 18.6 Å². The Labute approximate surface area is 178 Å². The molecule has 0 atom stereocenters. The van der Waals surface area contributed by atoms with Crippen molar-refractivity contribution in [3.05, 3.63) is 46.6 Å². The molecule has 0 unspecified atom stereocenters. The van der Waals surface area contributed by atoms with E-state index in [0.717, 1.165) is 34.8 Å². The smallest absolute Gasteiger partial charge is 0.222 e. The van der Waals surface area contributed by atoms with Gasteiger partial charge in [0.25, 0.3) is 0 Å². The number of aromatic nitrogens is 2. The van der Waals surface area contributed by atoms with Crippen molar-refractivity contribution in [1.82, 2.24) is 14.3 Å². The van der Waals surface area contributed by atoms with Gasteiger partial charge in [-0.15, -0.1) is 11.3 Å². The molecule has 29 heavy (non-hydrogen) atoms. The van der Waals surface area contributed by atoms with Crippen molar-refractivity contribution in [2.45, 2.75) is 31.5 Å². The van der Waals surface area contributed by atoms with E-state index < -0.39 is 5.79 Å². The minimum atomic E-state index is -0.439. The fourth-order valence-corrected chi connectivity index (χ4v) is 5.08. The number of halogens is 1. The molecule has 8 heteroatoms. The summed E-state index contributed by atoms with van der Waals surface area (Å²) in [4.78, 5) is 20.3. The number of carbonyl (C=O) groups is 1. The van der Waals surface area contributed by atoms with Crippen molar-refractivity contribution in [3.8, 4) is 11.3 Å². The fraction of sp³-hybridized carbons (Fsp3) is 0.429. The van der Waals surface area contributed by atoms with Gasteiger partial charge in [0.1, 0.15) is 0 Å². The molecule has 1 amide bonds. The van der Waals surface area contributed by atoms with Crippen LogP contribution in [0.1, 0.15) is 25.0 Å². The number of amides is 1. The summed E-state index contributed by atoms with van der Waals surface area (Å²) >= 11 is 7.58. The molecule has 0 N–H and O–H groups in total. The van der Waals surface area contributed by atoms with E-state index in [2.05, 4.69) is 9.78 Å². The second-order valence-corrected chi connectivity index (χ2v) is 8.77. The largest absolute Gasteiger partial charge is 0.347 e. The number of hydrogen-bond acceptors (Lipinski definition) is 5. The molecule has 5 rings (SSSR count). The van der Waals surface area contributed by atoms with Crippen molar-refractivity contribution < 1.29 is 14.3 Å². The molecule has 152 valence electrons. The molecule has 4 heterocycles. The van der Waals surface area contributed by atoms with Crippen LogP contribution >= 0.6 is 22.9 Å². The molecule has 2 aliphatic heterocycles. The van der Waals surface area contributed by atoms with Crippen LogP contribution in [0.2, 0.25) is 5.02 Å². The number of aryl methyl sites for hydroxylation is 1. The maximum Gasteiger partial charge on any atom is 0.222 e. The average Bonchev–Trinajstić information content (AvgIpc) is 3.44. The van der Waals surface area contributed by atoms with Crippen LogP contribution in [0.25, 0.3) is 16.2 Å². The lowest BCUT2D eigenvalue weighted by Crippen LogP contribution is -2.47. The number of fused-ring (bicyclic) bond motifs is 1. The highest BCUT2D eigenvalue weighted by molar-refractivity contribution is 7.15. The van der Waals surface area contributed by atoms with E-state index in [1.54, 1.807) is 11.3 Å². The molecular formula is C21H22ClN3O3S. The van der Waals surface area contributed by atoms with Gasteiger partial charge < -0.3 is 14.4 Å². The number of piperidine rings is 1. The van der Waals surface area contributed by atoms with Crippen LogP contribution in [0, 0.1) is 0 Å². The Hall–Kier alpha value is -1.93. The number of benzene rings is 1. The van der Waals surface area contributed by atoms with Crippen LogP contribution in [-0.2, 0) is 20.7 Å². The number of hydrogen-bond donors (Lipinski definition) is 0. The molecule has 3 aromatic rings. The van der Waals surface area contributed by atoms with Gasteiger partial charge in [-0.25, -0.2) is 4.98 Å². The minimum Gasteiger partial charge on any atom is -0.347 e. The first-order chi connectivity index (χ1) is 14.1. The zero-order valence-corrected chi connectivity index (χ0v) is 17.5. The molecule has 6 nitrogen and oxygen atoms in total. The van der Waals surface area contributed by atoms with E-state index in [4.69, 9.17) is 26.1 Å². The van der Waals surface area contributed by atoms with Crippen LogP contribution in [0.15, 0.2) is 35.8 Å². The average molecular weight is 432 g/mol. The Kier molecular flexibility index (Phi) is 5.07. The van der Waals surface area contributed by atoms with Crippen LogP contribution in [0.5, 0.6) is 0 Å². The Morgan fingerprint density at radius 2 is 1.90 bits per heavy atom. The lowest BCUT2D eigenvalue weighted by molar-refractivity contribution is -0.187. The Balaban J connectivity index is 1.23. The molecule has 2 fully saturated rings. The van der Waals surface area contributed by atoms with Gasteiger partial charge >= 0.3 is 0 Å². The SMILES string of the molecule is O=C(CCc1csc2nc(-c3ccc(Cl)cc3)cn12)N1CCC2(CC1)OCCO2. The Bertz CT molecular complexity index is 1010. The number of likely N-dealkylation sites (tertiary alicyclic amines) is 1. The van der Waals surface area contributed by atoms with Crippen LogP contribution in [0.3, 0.4) is 0 Å². The zero-order valence-electron chi connectivity index (χ0n) is 16.0. The van der Waals surface area contributed by atoms with Crippen molar-refractivity contribution >= 4 is 33.8 Å². The molecule has 1 spiro atoms. The Morgan fingerprint density at radius 1 is 1.17 bits per heavy atom. The highest BCUT2D eigenvalue weighted by Crippen LogP contribution is 2.31. The van der Waals surface area contributed by atoms with E-state index in [0.29, 0.717) is 44.2 Å². The molecule has 0 saturated carbocycles. The van der Waals surface area contributed by atoms with E-state index in [1.165, 1.54) is 0 Å². The van der Waals surface area contributed by atoms with Crippen LogP contribution in [0.4, 0.5) is 0 Å². The number of nitrogens with zero attached hydrogens (tertiary/aromatic N) is 3. The van der Waals surface area contributed by atoms with Crippen molar-refractivity contribution in [3.63, 3.8) is 0 Å². The summed E-state index contributed by atoms with van der Waals surface area (Å²) in [5, 5.41) is 2.80. The monoisotopic (exact) mass is 431 g/mol. The van der Waals surface area contributed by atoms with Crippen molar-refractivity contribution in [2.24, 2.45) is 0 Å². The summed E-state index contributed by atoms with van der Waals surface area (Å²) in [6.07, 6.45) is 4.74. The van der Waals surface area contributed by atoms with Gasteiger partial charge in [0.2, 0.25) is 5.91 Å². The third kappa shape index (κ3) is 3.80. The summed E-state index contributed by atoms with van der Waals surface area (Å²) in [5.74, 6) is -0.249. The van der Waals surface area contributed by atoms with Gasteiger partial charge in [-0.1, -0.05) is 23.7 Å². The third-order valence-electron chi connectivity index (χ3n) is 5.71. The fourth-order valence-electron chi connectivity index (χ4n) is 4.04. The summed E-state index contributed by atoms with van der Waals surface area (Å²) < 4.78 is 13.6. The molecule has 2 saturated heterocycles. The highest BCUT2D eigenvalue weighted by Gasteiger charge is 2.40. The first-order valence-corrected chi connectivity index (χ1v) is 11.1. The number of thiazole rings is 1. The van der Waals surface area contributed by atoms with Gasteiger partial charge in [0.05, 0.1) is 18.9 Å². The zero-order chi connectivity index (χ0) is 19.8. The van der Waals surface area contributed by atoms with E-state index in [1.807, 2.05) is 35.4 Å². The topological polar surface area (TPSA) is 56.1 Å². The molecule has 2 aliphatic rings. The predicted molar refractivity (Wildman–Crippen MR) is 112 cm³/mol. The lowest BCUT2D eigenvalue weighted by atomic mass is 10.0. The van der Waals surface area contributed by atoms with Gasteiger partial charge in [0.15, 0.2) is 10.7 Å². The third-order valence-corrected chi connectivity index (χ3v) is 6.85. The Morgan fingerprint density at radius 3 is 2.62 bits per heavy atom. The quantitative estimate of drug-likeness (QED) is 0.626. The van der Waals surface area contributed by atoms with Crippen LogP contribution < -0.4 is 0 Å². The molecule has 0 radical (unpaired) electrons. The van der Waals surface area contributed by atoms with E-state index >= 15 is 0 Å². The maximum absolute atomic E-state index is 12.7. The highest BCUT2D eigenvalue weighted by atomic mass is 35.5. The maximum atomic E-state index is 12.7. The molecule has 0 bridgehead atoms. The van der Waals surface area contributed by atoms with Gasteiger partial charge in [0, 0.05) is 60.2 Å².